The predicted molar refractivity (Wildman–Crippen MR) is 143 cm³/mol. The first-order valence-corrected chi connectivity index (χ1v) is 13.9. The molecule has 1 aliphatic heterocycles. The van der Waals surface area contributed by atoms with Gasteiger partial charge in [-0.15, -0.1) is 11.3 Å². The molecule has 1 saturated carbocycles. The Hall–Kier alpha value is -2.97. The van der Waals surface area contributed by atoms with Crippen molar-refractivity contribution in [1.82, 2.24) is 20.1 Å². The highest BCUT2D eigenvalue weighted by Gasteiger charge is 2.28. The monoisotopic (exact) mass is 506 g/mol. The van der Waals surface area contributed by atoms with Crippen LogP contribution in [0.25, 0.3) is 21.5 Å². The Morgan fingerprint density at radius 2 is 1.83 bits per heavy atom. The molecule has 1 aromatic carbocycles. The summed E-state index contributed by atoms with van der Waals surface area (Å²) in [6, 6.07) is 12.1. The number of nitrogens with zero attached hydrogens (tertiary/aromatic N) is 3. The third-order valence-corrected chi connectivity index (χ3v) is 8.59. The Balaban J connectivity index is 1.53. The highest BCUT2D eigenvalue weighted by molar-refractivity contribution is 7.13. The molecule has 0 radical (unpaired) electrons. The molecule has 7 nitrogen and oxygen atoms in total. The Morgan fingerprint density at radius 1 is 1.08 bits per heavy atom. The maximum absolute atomic E-state index is 14.0. The summed E-state index contributed by atoms with van der Waals surface area (Å²) in [6.07, 6.45) is 5.21. The van der Waals surface area contributed by atoms with Crippen LogP contribution in [0.2, 0.25) is 0 Å². The van der Waals surface area contributed by atoms with Gasteiger partial charge in [-0.05, 0) is 43.2 Å². The second-order valence-electron chi connectivity index (χ2n) is 10.0. The number of thiophene rings is 1. The minimum atomic E-state index is -0.877. The molecule has 2 N–H and O–H groups in total. The topological polar surface area (TPSA) is 85.8 Å². The van der Waals surface area contributed by atoms with Gasteiger partial charge in [-0.1, -0.05) is 43.5 Å². The number of hydrogen-bond donors (Lipinski definition) is 2. The summed E-state index contributed by atoms with van der Waals surface area (Å²) in [4.78, 5) is 35.2. The van der Waals surface area contributed by atoms with Crippen LogP contribution in [0, 0.1) is 5.92 Å². The van der Waals surface area contributed by atoms with Gasteiger partial charge < -0.3 is 15.3 Å². The fourth-order valence-corrected chi connectivity index (χ4v) is 6.38. The Bertz CT molecular complexity index is 1220. The summed E-state index contributed by atoms with van der Waals surface area (Å²) in [6.45, 7) is 4.88. The van der Waals surface area contributed by atoms with Crippen molar-refractivity contribution in [3.05, 3.63) is 52.9 Å². The van der Waals surface area contributed by atoms with Crippen LogP contribution in [0.4, 0.5) is 4.79 Å². The molecule has 5 rings (SSSR count). The molecular weight excluding hydrogens is 472 g/mol. The molecule has 1 aliphatic carbocycles. The summed E-state index contributed by atoms with van der Waals surface area (Å²) in [7, 11) is 0. The number of benzene rings is 1. The van der Waals surface area contributed by atoms with Gasteiger partial charge in [0.25, 0.3) is 5.91 Å². The number of carbonyl (C=O) groups excluding carboxylic acids is 1. The first-order valence-electron chi connectivity index (χ1n) is 13.0. The molecule has 2 fully saturated rings. The molecular formula is C28H34N4O3S. The van der Waals surface area contributed by atoms with E-state index in [1.54, 1.807) is 11.3 Å². The quantitative estimate of drug-likeness (QED) is 0.464. The van der Waals surface area contributed by atoms with E-state index in [4.69, 9.17) is 4.98 Å². The average molecular weight is 507 g/mol. The van der Waals surface area contributed by atoms with E-state index in [1.165, 1.54) is 37.0 Å². The number of aromatic nitrogens is 1. The van der Waals surface area contributed by atoms with Crippen LogP contribution in [0.15, 0.2) is 41.8 Å². The number of fused-ring (bicyclic) bond motifs is 1. The Morgan fingerprint density at radius 3 is 2.53 bits per heavy atom. The fourth-order valence-electron chi connectivity index (χ4n) is 5.63. The van der Waals surface area contributed by atoms with Crippen LogP contribution >= 0.6 is 11.3 Å². The van der Waals surface area contributed by atoms with Gasteiger partial charge in [-0.25, -0.2) is 9.78 Å². The van der Waals surface area contributed by atoms with E-state index in [9.17, 15) is 14.7 Å². The zero-order valence-electron chi connectivity index (χ0n) is 20.8. The van der Waals surface area contributed by atoms with Crippen LogP contribution < -0.4 is 5.32 Å². The number of rotatable bonds is 6. The van der Waals surface area contributed by atoms with E-state index in [1.807, 2.05) is 35.7 Å². The summed E-state index contributed by atoms with van der Waals surface area (Å²) in [5, 5.41) is 15.6. The predicted octanol–water partition coefficient (Wildman–Crippen LogP) is 5.46. The standard InChI is InChI=1S/C28H34N4O3S/c1-19(20-8-3-2-4-9-20)29-27(33)25-21-10-5-6-11-23(21)30-26(24-12-7-17-36-24)22(25)18-31-13-15-32(16-14-31)28(34)35/h5-7,10-12,17,19-20H,2-4,8-9,13-16,18H2,1H3,(H,29,33)(H,34,35)/t19-/m0/s1. The summed E-state index contributed by atoms with van der Waals surface area (Å²) >= 11 is 1.62. The third-order valence-electron chi connectivity index (χ3n) is 7.72. The normalized spacial score (nSPS) is 18.3. The first-order chi connectivity index (χ1) is 17.5. The number of hydrogen-bond acceptors (Lipinski definition) is 5. The fraction of sp³-hybridized carbons (Fsp3) is 0.464. The van der Waals surface area contributed by atoms with Gasteiger partial charge in [0.05, 0.1) is 21.7 Å². The molecule has 1 saturated heterocycles. The number of carbonyl (C=O) groups is 2. The van der Waals surface area contributed by atoms with Crippen molar-refractivity contribution in [2.75, 3.05) is 26.2 Å². The highest BCUT2D eigenvalue weighted by atomic mass is 32.1. The molecule has 2 aliphatic rings. The van der Waals surface area contributed by atoms with Crippen molar-refractivity contribution in [3.63, 3.8) is 0 Å². The molecule has 36 heavy (non-hydrogen) atoms. The van der Waals surface area contributed by atoms with E-state index in [0.29, 0.717) is 44.2 Å². The largest absolute Gasteiger partial charge is 0.465 e. The summed E-state index contributed by atoms with van der Waals surface area (Å²) < 4.78 is 0. The molecule has 3 aromatic rings. The minimum absolute atomic E-state index is 0.0383. The maximum Gasteiger partial charge on any atom is 0.407 e. The molecule has 0 bridgehead atoms. The van der Waals surface area contributed by atoms with Gasteiger partial charge in [0.15, 0.2) is 0 Å². The summed E-state index contributed by atoms with van der Waals surface area (Å²) in [5.41, 5.74) is 3.29. The zero-order valence-corrected chi connectivity index (χ0v) is 21.6. The lowest BCUT2D eigenvalue weighted by Gasteiger charge is -2.34. The Kier molecular flexibility index (Phi) is 7.53. The second kappa shape index (κ2) is 11.0. The smallest absolute Gasteiger partial charge is 0.407 e. The van der Waals surface area contributed by atoms with Gasteiger partial charge in [0, 0.05) is 49.7 Å². The van der Waals surface area contributed by atoms with Crippen molar-refractivity contribution in [2.24, 2.45) is 5.92 Å². The molecule has 2 aromatic heterocycles. The lowest BCUT2D eigenvalue weighted by molar-refractivity contribution is 0.0916. The third kappa shape index (κ3) is 5.25. The lowest BCUT2D eigenvalue weighted by atomic mass is 9.84. The molecule has 1 atom stereocenters. The summed E-state index contributed by atoms with van der Waals surface area (Å²) in [5.74, 6) is 0.476. The van der Waals surface area contributed by atoms with Gasteiger partial charge in [0.1, 0.15) is 0 Å². The van der Waals surface area contributed by atoms with Gasteiger partial charge >= 0.3 is 6.09 Å². The number of carboxylic acid groups (broad SMARTS) is 1. The van der Waals surface area contributed by atoms with Crippen LogP contribution in [0.3, 0.4) is 0 Å². The number of nitrogens with one attached hydrogen (secondary N) is 1. The number of piperazine rings is 1. The van der Waals surface area contributed by atoms with E-state index >= 15 is 0 Å². The first kappa shape index (κ1) is 24.7. The van der Waals surface area contributed by atoms with Crippen LogP contribution in [-0.4, -0.2) is 64.1 Å². The zero-order chi connectivity index (χ0) is 25.1. The molecule has 0 unspecified atom stereocenters. The van der Waals surface area contributed by atoms with E-state index in [-0.39, 0.29) is 11.9 Å². The Labute approximate surface area is 216 Å². The van der Waals surface area contributed by atoms with Gasteiger partial charge in [0.2, 0.25) is 0 Å². The van der Waals surface area contributed by atoms with Crippen molar-refractivity contribution < 1.29 is 14.7 Å². The maximum atomic E-state index is 14.0. The van der Waals surface area contributed by atoms with Crippen molar-refractivity contribution in [1.29, 1.82) is 0 Å². The van der Waals surface area contributed by atoms with Crippen molar-refractivity contribution in [3.8, 4) is 10.6 Å². The molecule has 0 spiro atoms. The minimum Gasteiger partial charge on any atom is -0.465 e. The number of para-hydroxylation sites is 1. The van der Waals surface area contributed by atoms with Crippen molar-refractivity contribution in [2.45, 2.75) is 51.6 Å². The second-order valence-corrected chi connectivity index (χ2v) is 11.0. The number of amides is 2. The average Bonchev–Trinajstić information content (AvgIpc) is 3.44. The highest BCUT2D eigenvalue weighted by Crippen LogP contribution is 2.34. The van der Waals surface area contributed by atoms with Crippen molar-refractivity contribution >= 4 is 34.2 Å². The van der Waals surface area contributed by atoms with E-state index in [0.717, 1.165) is 27.0 Å². The van der Waals surface area contributed by atoms with Crippen LogP contribution in [0.1, 0.15) is 54.9 Å². The van der Waals surface area contributed by atoms with E-state index < -0.39 is 6.09 Å². The molecule has 8 heteroatoms. The molecule has 3 heterocycles. The molecule has 190 valence electrons. The van der Waals surface area contributed by atoms with Crippen LogP contribution in [-0.2, 0) is 6.54 Å². The van der Waals surface area contributed by atoms with Gasteiger partial charge in [-0.3, -0.25) is 9.69 Å². The number of pyridine rings is 1. The van der Waals surface area contributed by atoms with E-state index in [2.05, 4.69) is 23.2 Å². The van der Waals surface area contributed by atoms with Gasteiger partial charge in [-0.2, -0.15) is 0 Å². The molecule has 2 amide bonds. The van der Waals surface area contributed by atoms with Crippen LogP contribution in [0.5, 0.6) is 0 Å². The SMILES string of the molecule is C[C@H](NC(=O)c1c(CN2CCN(C(=O)O)CC2)c(-c2cccs2)nc2ccccc12)C1CCCCC1. The lowest BCUT2D eigenvalue weighted by Crippen LogP contribution is -2.48.